The van der Waals surface area contributed by atoms with Crippen molar-refractivity contribution in [3.8, 4) is 0 Å². The summed E-state index contributed by atoms with van der Waals surface area (Å²) in [6, 6.07) is 7.85. The first kappa shape index (κ1) is 25.9. The van der Waals surface area contributed by atoms with E-state index < -0.39 is 15.9 Å². The Morgan fingerprint density at radius 2 is 1.62 bits per heavy atom. The molecule has 0 aliphatic rings. The number of hydrogen-bond acceptors (Lipinski definition) is 4. The van der Waals surface area contributed by atoms with Crippen LogP contribution in [-0.2, 0) is 16.4 Å². The Balaban J connectivity index is 1.77. The van der Waals surface area contributed by atoms with Gasteiger partial charge in [0.1, 0.15) is 5.69 Å². The van der Waals surface area contributed by atoms with Gasteiger partial charge in [-0.3, -0.25) is 4.79 Å². The summed E-state index contributed by atoms with van der Waals surface area (Å²) in [6.45, 7) is 4.09. The number of nitrogens with zero attached hydrogens (tertiary/aromatic N) is 1. The predicted octanol–water partition coefficient (Wildman–Crippen LogP) is 5.66. The molecule has 6 nitrogen and oxygen atoms in total. The SMILES string of the molecule is CCCCCCCCCCC=CCc1c[nH]c(C(=O)N(N)S(=O)(=O)c2ccc(C)cc2)c1. The third-order valence-electron chi connectivity index (χ3n) is 5.50. The van der Waals surface area contributed by atoms with Gasteiger partial charge in [-0.2, -0.15) is 12.8 Å². The monoisotopic (exact) mass is 459 g/mol. The molecule has 0 aliphatic heterocycles. The van der Waals surface area contributed by atoms with E-state index in [1.165, 1.54) is 63.5 Å². The first-order valence-electron chi connectivity index (χ1n) is 11.6. The molecule has 0 spiro atoms. The molecule has 0 saturated carbocycles. The molecule has 3 N–H and O–H groups in total. The number of unbranched alkanes of at least 4 members (excludes halogenated alkanes) is 8. The number of H-pyrrole nitrogens is 1. The van der Waals surface area contributed by atoms with Crippen molar-refractivity contribution in [1.82, 2.24) is 9.40 Å². The van der Waals surface area contributed by atoms with Crippen molar-refractivity contribution in [3.63, 3.8) is 0 Å². The number of amides is 1. The fourth-order valence-electron chi connectivity index (χ4n) is 3.47. The van der Waals surface area contributed by atoms with E-state index in [0.29, 0.717) is 10.8 Å². The van der Waals surface area contributed by atoms with E-state index in [2.05, 4.69) is 24.1 Å². The highest BCUT2D eigenvalue weighted by atomic mass is 32.2. The number of benzene rings is 1. The van der Waals surface area contributed by atoms with Crippen molar-refractivity contribution < 1.29 is 13.2 Å². The number of nitrogens with two attached hydrogens (primary N) is 1. The molecule has 1 amide bonds. The standard InChI is InChI=1S/C25H37N3O3S/c1-3-4-5-6-7-8-9-10-11-12-13-14-22-19-24(27-20-22)25(29)28(26)32(30,31)23-17-15-21(2)16-18-23/h12-13,15-20,27H,3-11,14,26H2,1-2H3. The highest BCUT2D eigenvalue weighted by molar-refractivity contribution is 7.89. The number of carbonyl (C=O) groups is 1. The van der Waals surface area contributed by atoms with Crippen LogP contribution in [0.4, 0.5) is 0 Å². The molecule has 0 unspecified atom stereocenters. The van der Waals surface area contributed by atoms with E-state index in [1.807, 2.05) is 6.92 Å². The molecule has 0 saturated heterocycles. The molecular weight excluding hydrogens is 422 g/mol. The lowest BCUT2D eigenvalue weighted by atomic mass is 10.1. The van der Waals surface area contributed by atoms with Gasteiger partial charge in [0.25, 0.3) is 15.9 Å². The average Bonchev–Trinajstić information content (AvgIpc) is 3.25. The van der Waals surface area contributed by atoms with Crippen molar-refractivity contribution in [1.29, 1.82) is 0 Å². The molecule has 2 aromatic rings. The Hall–Kier alpha value is -2.38. The number of aromatic nitrogens is 1. The maximum Gasteiger partial charge on any atom is 0.298 e. The fraction of sp³-hybridized carbons (Fsp3) is 0.480. The van der Waals surface area contributed by atoms with Crippen LogP contribution in [0.3, 0.4) is 0 Å². The summed E-state index contributed by atoms with van der Waals surface area (Å²) in [5, 5.41) is 0. The topological polar surface area (TPSA) is 96.3 Å². The lowest BCUT2D eigenvalue weighted by Gasteiger charge is -2.16. The van der Waals surface area contributed by atoms with Gasteiger partial charge in [-0.25, -0.2) is 5.84 Å². The minimum atomic E-state index is -4.11. The maximum atomic E-state index is 12.6. The van der Waals surface area contributed by atoms with Gasteiger partial charge in [-0.1, -0.05) is 81.7 Å². The number of aromatic amines is 1. The molecule has 0 radical (unpaired) electrons. The molecule has 0 aliphatic carbocycles. The van der Waals surface area contributed by atoms with Gasteiger partial charge in [0.15, 0.2) is 0 Å². The zero-order valence-electron chi connectivity index (χ0n) is 19.3. The van der Waals surface area contributed by atoms with Crippen molar-refractivity contribution in [3.05, 3.63) is 65.5 Å². The number of hydrogen-bond donors (Lipinski definition) is 2. The van der Waals surface area contributed by atoms with Crippen LogP contribution in [0.15, 0.2) is 53.6 Å². The number of hydrazine groups is 1. The quantitative estimate of drug-likeness (QED) is 0.125. The fourth-order valence-corrected chi connectivity index (χ4v) is 4.49. The van der Waals surface area contributed by atoms with Gasteiger partial charge in [0.2, 0.25) is 0 Å². The third kappa shape index (κ3) is 7.95. The number of nitrogens with one attached hydrogen (secondary N) is 1. The van der Waals surface area contributed by atoms with Gasteiger partial charge in [-0.05, 0) is 49.9 Å². The zero-order chi connectivity index (χ0) is 23.4. The molecule has 0 fully saturated rings. The summed E-state index contributed by atoms with van der Waals surface area (Å²) in [4.78, 5) is 15.4. The first-order chi connectivity index (χ1) is 15.4. The smallest absolute Gasteiger partial charge is 0.298 e. The number of sulfonamides is 1. The van der Waals surface area contributed by atoms with E-state index in [4.69, 9.17) is 5.84 Å². The molecule has 7 heteroatoms. The Morgan fingerprint density at radius 1 is 1.00 bits per heavy atom. The summed E-state index contributed by atoms with van der Waals surface area (Å²) < 4.78 is 25.5. The number of carbonyl (C=O) groups excluding carboxylic acids is 1. The lowest BCUT2D eigenvalue weighted by molar-refractivity contribution is 0.0856. The Bertz CT molecular complexity index is 963. The molecule has 2 rings (SSSR count). The predicted molar refractivity (Wildman–Crippen MR) is 130 cm³/mol. The van der Waals surface area contributed by atoms with Crippen LogP contribution in [-0.4, -0.2) is 23.7 Å². The molecule has 0 atom stereocenters. The second-order valence-corrected chi connectivity index (χ2v) is 10.1. The van der Waals surface area contributed by atoms with Gasteiger partial charge >= 0.3 is 0 Å². The van der Waals surface area contributed by atoms with E-state index in [9.17, 15) is 13.2 Å². The zero-order valence-corrected chi connectivity index (χ0v) is 20.2. The first-order valence-corrected chi connectivity index (χ1v) is 13.0. The van der Waals surface area contributed by atoms with Gasteiger partial charge in [-0.15, -0.1) is 0 Å². The van der Waals surface area contributed by atoms with E-state index in [-0.39, 0.29) is 10.6 Å². The largest absolute Gasteiger partial charge is 0.357 e. The van der Waals surface area contributed by atoms with Crippen molar-refractivity contribution in [2.24, 2.45) is 5.84 Å². The van der Waals surface area contributed by atoms with Crippen LogP contribution in [0, 0.1) is 6.92 Å². The Morgan fingerprint density at radius 3 is 2.28 bits per heavy atom. The highest BCUT2D eigenvalue weighted by Gasteiger charge is 2.28. The van der Waals surface area contributed by atoms with Gasteiger partial charge < -0.3 is 4.98 Å². The summed E-state index contributed by atoms with van der Waals surface area (Å²) in [5.74, 6) is 4.89. The van der Waals surface area contributed by atoms with Crippen molar-refractivity contribution in [2.75, 3.05) is 0 Å². The summed E-state index contributed by atoms with van der Waals surface area (Å²) in [6.07, 6.45) is 18.1. The molecular formula is C25H37N3O3S. The minimum absolute atomic E-state index is 0.0189. The summed E-state index contributed by atoms with van der Waals surface area (Å²) >= 11 is 0. The second-order valence-electron chi connectivity index (χ2n) is 8.28. The van der Waals surface area contributed by atoms with Crippen LogP contribution in [0.5, 0.6) is 0 Å². The summed E-state index contributed by atoms with van der Waals surface area (Å²) in [7, 11) is -4.11. The molecule has 176 valence electrons. The molecule has 1 aromatic heterocycles. The van der Waals surface area contributed by atoms with Crippen molar-refractivity contribution in [2.45, 2.75) is 83.0 Å². The summed E-state index contributed by atoms with van der Waals surface area (Å²) in [5.41, 5.74) is 1.97. The number of rotatable bonds is 14. The second kappa shape index (κ2) is 13.2. The normalized spacial score (nSPS) is 11.8. The van der Waals surface area contributed by atoms with Gasteiger partial charge in [0.05, 0.1) is 4.90 Å². The minimum Gasteiger partial charge on any atom is -0.357 e. The third-order valence-corrected chi connectivity index (χ3v) is 7.05. The Kier molecular flexibility index (Phi) is 10.7. The maximum absolute atomic E-state index is 12.6. The molecule has 32 heavy (non-hydrogen) atoms. The van der Waals surface area contributed by atoms with Crippen LogP contribution in [0.25, 0.3) is 0 Å². The molecule has 1 aromatic carbocycles. The van der Waals surface area contributed by atoms with E-state index >= 15 is 0 Å². The highest BCUT2D eigenvalue weighted by Crippen LogP contribution is 2.17. The van der Waals surface area contributed by atoms with E-state index in [1.54, 1.807) is 24.4 Å². The van der Waals surface area contributed by atoms with Crippen LogP contribution in [0.1, 0.15) is 86.3 Å². The van der Waals surface area contributed by atoms with Crippen LogP contribution >= 0.6 is 0 Å². The van der Waals surface area contributed by atoms with Gasteiger partial charge in [0, 0.05) is 6.20 Å². The van der Waals surface area contributed by atoms with E-state index in [0.717, 1.165) is 17.5 Å². The number of allylic oxidation sites excluding steroid dienone is 2. The average molecular weight is 460 g/mol. The molecule has 1 heterocycles. The lowest BCUT2D eigenvalue weighted by Crippen LogP contribution is -2.42. The van der Waals surface area contributed by atoms with Crippen molar-refractivity contribution >= 4 is 15.9 Å². The van der Waals surface area contributed by atoms with Crippen LogP contribution < -0.4 is 5.84 Å². The molecule has 0 bridgehead atoms. The number of aryl methyl sites for hydroxylation is 1. The van der Waals surface area contributed by atoms with Crippen LogP contribution in [0.2, 0.25) is 0 Å². The Labute approximate surface area is 192 Å².